The van der Waals surface area contributed by atoms with E-state index in [2.05, 4.69) is 42.2 Å². The van der Waals surface area contributed by atoms with Crippen molar-refractivity contribution in [3.05, 3.63) is 24.4 Å². The molecular weight excluding hydrogens is 250 g/mol. The van der Waals surface area contributed by atoms with Crippen molar-refractivity contribution in [3.63, 3.8) is 0 Å². The van der Waals surface area contributed by atoms with Gasteiger partial charge in [0.25, 0.3) is 0 Å². The number of carbonyl (C=O) groups is 1. The van der Waals surface area contributed by atoms with Gasteiger partial charge in [0.05, 0.1) is 12.9 Å². The Morgan fingerprint density at radius 1 is 1.35 bits per heavy atom. The van der Waals surface area contributed by atoms with Crippen LogP contribution < -0.4 is 0 Å². The lowest BCUT2D eigenvalue weighted by Crippen LogP contribution is -2.26. The molecule has 20 heavy (non-hydrogen) atoms. The molecule has 0 aliphatic rings. The van der Waals surface area contributed by atoms with Crippen LogP contribution in [0.25, 0.3) is 0 Å². The highest BCUT2D eigenvalue weighted by Gasteiger charge is 2.01. The van der Waals surface area contributed by atoms with Gasteiger partial charge < -0.3 is 4.90 Å². The van der Waals surface area contributed by atoms with Crippen LogP contribution in [0.1, 0.15) is 27.2 Å². The third-order valence-electron chi connectivity index (χ3n) is 2.82. The van der Waals surface area contributed by atoms with Crippen LogP contribution in [0, 0.1) is 11.8 Å². The molecule has 0 fully saturated rings. The van der Waals surface area contributed by atoms with E-state index in [1.54, 1.807) is 13.0 Å². The molecule has 0 saturated heterocycles. The zero-order valence-corrected chi connectivity index (χ0v) is 12.8. The van der Waals surface area contributed by atoms with Gasteiger partial charge in [-0.3, -0.25) is 14.7 Å². The van der Waals surface area contributed by atoms with Crippen LogP contribution in [0.15, 0.2) is 29.4 Å². The fraction of sp³-hybridized carbons (Fsp3) is 0.500. The predicted octanol–water partition coefficient (Wildman–Crippen LogP) is 2.30. The summed E-state index contributed by atoms with van der Waals surface area (Å²) in [6.45, 7) is 13.5. The van der Waals surface area contributed by atoms with Crippen LogP contribution in [0.2, 0.25) is 0 Å². The highest BCUT2D eigenvalue weighted by molar-refractivity contribution is 5.75. The molecule has 0 unspecified atom stereocenters. The Morgan fingerprint density at radius 2 is 2.05 bits per heavy atom. The molecule has 0 atom stereocenters. The van der Waals surface area contributed by atoms with Gasteiger partial charge in [0, 0.05) is 18.7 Å². The zero-order valence-electron chi connectivity index (χ0n) is 12.8. The van der Waals surface area contributed by atoms with Crippen LogP contribution in [-0.2, 0) is 4.79 Å². The van der Waals surface area contributed by atoms with Gasteiger partial charge in [-0.1, -0.05) is 32.4 Å². The van der Waals surface area contributed by atoms with Crippen LogP contribution >= 0.6 is 0 Å². The molecule has 4 nitrogen and oxygen atoms in total. The Kier molecular flexibility index (Phi) is 11.1. The standard InChI is InChI=1S/C16H25N3O/c1-5-8-9-10-11-16(4)19(15-20)14-17-12-13-18(6-2)7-3/h9-10,14-15H,4,6-7,11-13H2,1-3H3/b10-9-,17-14?. The normalized spacial score (nSPS) is 10.8. The van der Waals surface area contributed by atoms with Crippen molar-refractivity contribution in [3.8, 4) is 11.8 Å². The van der Waals surface area contributed by atoms with Crippen molar-refractivity contribution in [2.24, 2.45) is 4.99 Å². The predicted molar refractivity (Wildman–Crippen MR) is 85.4 cm³/mol. The Balaban J connectivity index is 4.21. The number of rotatable bonds is 10. The first-order valence-electron chi connectivity index (χ1n) is 6.90. The Hall–Kier alpha value is -1.86. The number of hydrogen-bond donors (Lipinski definition) is 0. The van der Waals surface area contributed by atoms with E-state index in [1.807, 2.05) is 6.08 Å². The molecule has 1 amide bonds. The molecule has 0 spiro atoms. The first-order chi connectivity index (χ1) is 9.69. The van der Waals surface area contributed by atoms with E-state index in [0.29, 0.717) is 18.7 Å². The Morgan fingerprint density at radius 3 is 2.60 bits per heavy atom. The summed E-state index contributed by atoms with van der Waals surface area (Å²) >= 11 is 0. The number of hydrogen-bond acceptors (Lipinski definition) is 3. The highest BCUT2D eigenvalue weighted by Crippen LogP contribution is 2.03. The third-order valence-corrected chi connectivity index (χ3v) is 2.82. The van der Waals surface area contributed by atoms with Gasteiger partial charge in [0.2, 0.25) is 6.41 Å². The largest absolute Gasteiger partial charge is 0.302 e. The van der Waals surface area contributed by atoms with Gasteiger partial charge in [0.1, 0.15) is 0 Å². The highest BCUT2D eigenvalue weighted by atomic mass is 16.1. The van der Waals surface area contributed by atoms with Crippen LogP contribution in [-0.4, -0.2) is 48.7 Å². The molecular formula is C16H25N3O. The fourth-order valence-corrected chi connectivity index (χ4v) is 1.51. The minimum absolute atomic E-state index is 0.579. The molecule has 0 aliphatic heterocycles. The van der Waals surface area contributed by atoms with Gasteiger partial charge >= 0.3 is 0 Å². The molecule has 110 valence electrons. The fourth-order valence-electron chi connectivity index (χ4n) is 1.51. The maximum absolute atomic E-state index is 11.0. The van der Waals surface area contributed by atoms with Gasteiger partial charge in [-0.2, -0.15) is 0 Å². The maximum Gasteiger partial charge on any atom is 0.219 e. The first-order valence-corrected chi connectivity index (χ1v) is 6.90. The van der Waals surface area contributed by atoms with E-state index in [-0.39, 0.29) is 0 Å². The second kappa shape index (κ2) is 12.2. The van der Waals surface area contributed by atoms with Gasteiger partial charge in [-0.15, -0.1) is 5.92 Å². The maximum atomic E-state index is 11.0. The summed E-state index contributed by atoms with van der Waals surface area (Å²) in [7, 11) is 0. The van der Waals surface area contributed by atoms with Gasteiger partial charge in [-0.25, -0.2) is 0 Å². The second-order valence-electron chi connectivity index (χ2n) is 4.13. The number of carbonyl (C=O) groups excluding carboxylic acids is 1. The summed E-state index contributed by atoms with van der Waals surface area (Å²) in [5.74, 6) is 5.59. The van der Waals surface area contributed by atoms with Crippen LogP contribution in [0.5, 0.6) is 0 Å². The summed E-state index contributed by atoms with van der Waals surface area (Å²) in [5.41, 5.74) is 0.681. The molecule has 0 aromatic carbocycles. The van der Waals surface area contributed by atoms with E-state index < -0.39 is 0 Å². The van der Waals surface area contributed by atoms with Crippen LogP contribution in [0.3, 0.4) is 0 Å². The summed E-state index contributed by atoms with van der Waals surface area (Å²) in [4.78, 5) is 18.9. The molecule has 0 aromatic heterocycles. The molecule has 0 aromatic rings. The van der Waals surface area contributed by atoms with E-state index in [4.69, 9.17) is 0 Å². The Bertz CT molecular complexity index is 398. The lowest BCUT2D eigenvalue weighted by atomic mass is 10.3. The Labute approximate surface area is 122 Å². The third kappa shape index (κ3) is 8.28. The smallest absolute Gasteiger partial charge is 0.219 e. The molecule has 0 saturated carbocycles. The summed E-state index contributed by atoms with van der Waals surface area (Å²) in [6, 6.07) is 0. The van der Waals surface area contributed by atoms with Crippen molar-refractivity contribution in [1.29, 1.82) is 0 Å². The van der Waals surface area contributed by atoms with Crippen molar-refractivity contribution in [2.75, 3.05) is 26.2 Å². The average molecular weight is 275 g/mol. The lowest BCUT2D eigenvalue weighted by molar-refractivity contribution is -0.113. The molecule has 0 rings (SSSR count). The molecule has 0 aliphatic carbocycles. The van der Waals surface area contributed by atoms with Crippen molar-refractivity contribution in [2.45, 2.75) is 27.2 Å². The molecule has 0 radical (unpaired) electrons. The summed E-state index contributed by atoms with van der Waals surface area (Å²) in [6.07, 6.45) is 6.47. The lowest BCUT2D eigenvalue weighted by Gasteiger charge is -2.16. The quantitative estimate of drug-likeness (QED) is 0.265. The van der Waals surface area contributed by atoms with Crippen molar-refractivity contribution >= 4 is 12.7 Å². The topological polar surface area (TPSA) is 35.9 Å². The monoisotopic (exact) mass is 275 g/mol. The van der Waals surface area contributed by atoms with E-state index >= 15 is 0 Å². The van der Waals surface area contributed by atoms with E-state index in [0.717, 1.165) is 26.0 Å². The SMILES string of the molecule is C=C(C/C=C\C#CC)N(C=O)C=NCCN(CC)CC. The van der Waals surface area contributed by atoms with E-state index in [9.17, 15) is 4.79 Å². The number of nitrogens with zero attached hydrogens (tertiary/aromatic N) is 3. The van der Waals surface area contributed by atoms with Crippen molar-refractivity contribution < 1.29 is 4.79 Å². The number of allylic oxidation sites excluding steroid dienone is 2. The second-order valence-corrected chi connectivity index (χ2v) is 4.13. The minimum Gasteiger partial charge on any atom is -0.302 e. The minimum atomic E-state index is 0.579. The van der Waals surface area contributed by atoms with Gasteiger partial charge in [0.15, 0.2) is 0 Å². The molecule has 0 heterocycles. The van der Waals surface area contributed by atoms with Crippen molar-refractivity contribution in [1.82, 2.24) is 9.80 Å². The first kappa shape index (κ1) is 18.1. The van der Waals surface area contributed by atoms with E-state index in [1.165, 1.54) is 11.2 Å². The van der Waals surface area contributed by atoms with Crippen LogP contribution in [0.4, 0.5) is 0 Å². The molecule has 0 N–H and O–H groups in total. The average Bonchev–Trinajstić information content (AvgIpc) is 2.47. The number of aliphatic imine (C=N–C) groups is 1. The zero-order chi connectivity index (χ0) is 15.2. The molecule has 4 heteroatoms. The molecule has 0 bridgehead atoms. The van der Waals surface area contributed by atoms with Gasteiger partial charge in [-0.05, 0) is 26.1 Å². The summed E-state index contributed by atoms with van der Waals surface area (Å²) < 4.78 is 0. The number of likely N-dealkylation sites (N-methyl/N-ethyl adjacent to an activating group) is 1. The summed E-state index contributed by atoms with van der Waals surface area (Å²) in [5, 5.41) is 0. The number of amides is 1.